The molecule has 0 aromatic heterocycles. The maximum atomic E-state index is 11.0. The molecule has 4 fully saturated rings. The Bertz CT molecular complexity index is 478. The van der Waals surface area contributed by atoms with Gasteiger partial charge in [-0.3, -0.25) is 0 Å². The van der Waals surface area contributed by atoms with Gasteiger partial charge in [0.25, 0.3) is 0 Å². The Kier molecular flexibility index (Phi) is 2.83. The summed E-state index contributed by atoms with van der Waals surface area (Å²) in [7, 11) is 0. The van der Waals surface area contributed by atoms with E-state index in [-0.39, 0.29) is 11.5 Å². The summed E-state index contributed by atoms with van der Waals surface area (Å²) in [6.45, 7) is 11.9. The van der Waals surface area contributed by atoms with Crippen molar-refractivity contribution in [3.05, 3.63) is 12.2 Å². The SMILES string of the molecule is C=C1C(O)[C@]23CC[C@H]4C(C)(C)CCC[C@]4(C)[C@H]2CC[C@@H]1C3. The highest BCUT2D eigenvalue weighted by molar-refractivity contribution is 5.27. The first-order valence-electron chi connectivity index (χ1n) is 9.18. The van der Waals surface area contributed by atoms with Crippen LogP contribution in [0, 0.1) is 34.0 Å². The van der Waals surface area contributed by atoms with Gasteiger partial charge in [0.05, 0.1) is 6.10 Å². The van der Waals surface area contributed by atoms with Gasteiger partial charge in [-0.2, -0.15) is 0 Å². The molecular formula is C20H32O. The van der Waals surface area contributed by atoms with Gasteiger partial charge in [0, 0.05) is 5.41 Å². The van der Waals surface area contributed by atoms with Crippen LogP contribution in [0.1, 0.15) is 72.1 Å². The number of fused-ring (bicyclic) bond motifs is 3. The van der Waals surface area contributed by atoms with Gasteiger partial charge in [-0.15, -0.1) is 0 Å². The Morgan fingerprint density at radius 2 is 1.76 bits per heavy atom. The standard InChI is InChI=1S/C20H32O/c1-13-14-6-7-16-19(4)10-5-9-18(2,3)15(19)8-11-20(16,12-14)17(13)21/h14-17,21H,1,5-12H2,2-4H3/t14-,15+,16-,17?,19+,20+/m1/s1. The molecule has 1 spiro atoms. The zero-order chi connectivity index (χ0) is 15.0. The normalized spacial score (nSPS) is 55.0. The molecule has 0 heterocycles. The van der Waals surface area contributed by atoms with Gasteiger partial charge in [0.1, 0.15) is 0 Å². The third-order valence-electron chi connectivity index (χ3n) is 8.51. The molecule has 1 nitrogen and oxygen atoms in total. The van der Waals surface area contributed by atoms with Crippen LogP contribution < -0.4 is 0 Å². The second-order valence-corrected chi connectivity index (χ2v) is 9.68. The van der Waals surface area contributed by atoms with Crippen LogP contribution in [-0.4, -0.2) is 11.2 Å². The topological polar surface area (TPSA) is 20.2 Å². The van der Waals surface area contributed by atoms with Crippen LogP contribution >= 0.6 is 0 Å². The number of aliphatic hydroxyl groups is 1. The highest BCUT2D eigenvalue weighted by Gasteiger charge is 2.65. The van der Waals surface area contributed by atoms with Crippen molar-refractivity contribution >= 4 is 0 Å². The van der Waals surface area contributed by atoms with E-state index in [0.29, 0.717) is 16.7 Å². The van der Waals surface area contributed by atoms with Crippen LogP contribution in [0.5, 0.6) is 0 Å². The molecule has 1 N–H and O–H groups in total. The fourth-order valence-corrected chi connectivity index (χ4v) is 7.69. The molecule has 4 saturated carbocycles. The highest BCUT2D eigenvalue weighted by Crippen LogP contribution is 2.71. The van der Waals surface area contributed by atoms with E-state index < -0.39 is 0 Å². The van der Waals surface area contributed by atoms with Gasteiger partial charge in [-0.1, -0.05) is 33.8 Å². The highest BCUT2D eigenvalue weighted by atomic mass is 16.3. The molecule has 6 atom stereocenters. The average molecular weight is 288 g/mol. The second kappa shape index (κ2) is 4.16. The smallest absolute Gasteiger partial charge is 0.0809 e. The Balaban J connectivity index is 1.77. The fourth-order valence-electron chi connectivity index (χ4n) is 7.69. The van der Waals surface area contributed by atoms with E-state index in [1.165, 1.54) is 56.9 Å². The number of hydrogen-bond acceptors (Lipinski definition) is 1. The van der Waals surface area contributed by atoms with Crippen molar-refractivity contribution in [3.63, 3.8) is 0 Å². The largest absolute Gasteiger partial charge is 0.388 e. The second-order valence-electron chi connectivity index (χ2n) is 9.68. The predicted molar refractivity (Wildman–Crippen MR) is 86.9 cm³/mol. The summed E-state index contributed by atoms with van der Waals surface area (Å²) in [5, 5.41) is 11.0. The average Bonchev–Trinajstić information content (AvgIpc) is 2.59. The minimum absolute atomic E-state index is 0.193. The molecule has 4 aliphatic carbocycles. The summed E-state index contributed by atoms with van der Waals surface area (Å²) < 4.78 is 0. The van der Waals surface area contributed by atoms with Crippen LogP contribution in [0.4, 0.5) is 0 Å². The van der Waals surface area contributed by atoms with Gasteiger partial charge >= 0.3 is 0 Å². The van der Waals surface area contributed by atoms with E-state index in [2.05, 4.69) is 27.4 Å². The Morgan fingerprint density at radius 1 is 1.00 bits per heavy atom. The van der Waals surface area contributed by atoms with Crippen molar-refractivity contribution in [3.8, 4) is 0 Å². The summed E-state index contributed by atoms with van der Waals surface area (Å²) >= 11 is 0. The third kappa shape index (κ3) is 1.62. The molecule has 0 amide bonds. The molecule has 4 aliphatic rings. The molecule has 21 heavy (non-hydrogen) atoms. The van der Waals surface area contributed by atoms with E-state index >= 15 is 0 Å². The number of rotatable bonds is 0. The lowest BCUT2D eigenvalue weighted by Crippen LogP contribution is -2.58. The van der Waals surface area contributed by atoms with Gasteiger partial charge in [-0.05, 0) is 79.1 Å². The third-order valence-corrected chi connectivity index (χ3v) is 8.51. The summed E-state index contributed by atoms with van der Waals surface area (Å²) in [6, 6.07) is 0. The van der Waals surface area contributed by atoms with E-state index in [4.69, 9.17) is 0 Å². The van der Waals surface area contributed by atoms with E-state index in [0.717, 1.165) is 11.8 Å². The molecule has 0 aromatic carbocycles. The molecule has 0 radical (unpaired) electrons. The van der Waals surface area contributed by atoms with Crippen molar-refractivity contribution in [2.24, 2.45) is 34.0 Å². The molecule has 1 unspecified atom stereocenters. The maximum absolute atomic E-state index is 11.0. The van der Waals surface area contributed by atoms with Crippen LogP contribution in [0.2, 0.25) is 0 Å². The van der Waals surface area contributed by atoms with E-state index in [1.54, 1.807) is 0 Å². The zero-order valence-corrected chi connectivity index (χ0v) is 14.1. The summed E-state index contributed by atoms with van der Waals surface area (Å²) in [6.07, 6.45) is 10.4. The van der Waals surface area contributed by atoms with Gasteiger partial charge in [0.15, 0.2) is 0 Å². The fraction of sp³-hybridized carbons (Fsp3) is 0.900. The van der Waals surface area contributed by atoms with E-state index in [1.807, 2.05) is 0 Å². The summed E-state index contributed by atoms with van der Waals surface area (Å²) in [4.78, 5) is 0. The van der Waals surface area contributed by atoms with E-state index in [9.17, 15) is 5.11 Å². The maximum Gasteiger partial charge on any atom is 0.0809 e. The first-order chi connectivity index (χ1) is 9.81. The summed E-state index contributed by atoms with van der Waals surface area (Å²) in [5.74, 6) is 2.20. The first kappa shape index (κ1) is 14.3. The van der Waals surface area contributed by atoms with Crippen molar-refractivity contribution in [1.29, 1.82) is 0 Å². The van der Waals surface area contributed by atoms with Crippen LogP contribution in [0.15, 0.2) is 12.2 Å². The molecule has 1 heteroatoms. The molecule has 0 saturated heterocycles. The van der Waals surface area contributed by atoms with Crippen molar-refractivity contribution in [2.45, 2.75) is 78.2 Å². The molecule has 4 rings (SSSR count). The molecule has 0 aromatic rings. The number of hydrogen-bond donors (Lipinski definition) is 1. The minimum Gasteiger partial charge on any atom is -0.388 e. The van der Waals surface area contributed by atoms with Crippen molar-refractivity contribution < 1.29 is 5.11 Å². The van der Waals surface area contributed by atoms with Crippen LogP contribution in [0.3, 0.4) is 0 Å². The number of aliphatic hydroxyl groups excluding tert-OH is 1. The molecule has 118 valence electrons. The van der Waals surface area contributed by atoms with Gasteiger partial charge in [0.2, 0.25) is 0 Å². The Morgan fingerprint density at radius 3 is 2.52 bits per heavy atom. The first-order valence-corrected chi connectivity index (χ1v) is 9.18. The molecule has 0 aliphatic heterocycles. The Labute approximate surface area is 130 Å². The molecule has 2 bridgehead atoms. The van der Waals surface area contributed by atoms with Gasteiger partial charge < -0.3 is 5.11 Å². The van der Waals surface area contributed by atoms with Crippen molar-refractivity contribution in [1.82, 2.24) is 0 Å². The lowest BCUT2D eigenvalue weighted by molar-refractivity contribution is -0.167. The quantitative estimate of drug-likeness (QED) is 0.626. The predicted octanol–water partition coefficient (Wildman–Crippen LogP) is 4.95. The zero-order valence-electron chi connectivity index (χ0n) is 14.1. The summed E-state index contributed by atoms with van der Waals surface area (Å²) in [5.41, 5.74) is 2.32. The van der Waals surface area contributed by atoms with Gasteiger partial charge in [-0.25, -0.2) is 0 Å². The monoisotopic (exact) mass is 288 g/mol. The van der Waals surface area contributed by atoms with Crippen molar-refractivity contribution in [2.75, 3.05) is 0 Å². The Hall–Kier alpha value is -0.300. The van der Waals surface area contributed by atoms with Crippen LogP contribution in [-0.2, 0) is 0 Å². The lowest BCUT2D eigenvalue weighted by atomic mass is 9.41. The van der Waals surface area contributed by atoms with Crippen LogP contribution in [0.25, 0.3) is 0 Å². The molecular weight excluding hydrogens is 256 g/mol. The minimum atomic E-state index is -0.210. The lowest BCUT2D eigenvalue weighted by Gasteiger charge is -2.64.